The van der Waals surface area contributed by atoms with Crippen molar-refractivity contribution in [2.24, 2.45) is 0 Å². The predicted octanol–water partition coefficient (Wildman–Crippen LogP) is 4.35. The summed E-state index contributed by atoms with van der Waals surface area (Å²) in [6.45, 7) is 7.76. The van der Waals surface area contributed by atoms with Crippen LogP contribution in [0.5, 0.6) is 0 Å². The smallest absolute Gasteiger partial charge is 0.0406 e. The Morgan fingerprint density at radius 3 is 2.41 bits per heavy atom. The molecule has 1 rings (SSSR count). The lowest BCUT2D eigenvalue weighted by Gasteiger charge is -2.23. The Morgan fingerprint density at radius 1 is 1.24 bits per heavy atom. The molecular weight excluding hydrogens is 250 g/mol. The van der Waals surface area contributed by atoms with E-state index < -0.39 is 0 Å². The summed E-state index contributed by atoms with van der Waals surface area (Å²) in [5, 5.41) is 4.98. The van der Waals surface area contributed by atoms with Crippen LogP contribution in [0.3, 0.4) is 0 Å². The molecule has 2 unspecified atom stereocenters. The van der Waals surface area contributed by atoms with Gasteiger partial charge in [0.2, 0.25) is 0 Å². The first-order chi connectivity index (χ1) is 8.17. The molecule has 0 radical (unpaired) electrons. The maximum Gasteiger partial charge on any atom is 0.0406 e. The summed E-state index contributed by atoms with van der Waals surface area (Å²) in [6, 6.07) is 8.75. The van der Waals surface area contributed by atoms with Gasteiger partial charge in [-0.2, -0.15) is 11.8 Å². The first-order valence-electron chi connectivity index (χ1n) is 6.26. The third-order valence-electron chi connectivity index (χ3n) is 2.90. The maximum absolute atomic E-state index is 5.87. The molecule has 0 spiro atoms. The molecular formula is C14H22ClNS. The largest absolute Gasteiger partial charge is 0.313 e. The molecule has 0 aliphatic rings. The van der Waals surface area contributed by atoms with E-state index >= 15 is 0 Å². The van der Waals surface area contributed by atoms with Gasteiger partial charge in [-0.3, -0.25) is 0 Å². The van der Waals surface area contributed by atoms with E-state index in [-0.39, 0.29) is 0 Å². The molecule has 1 nitrogen and oxygen atoms in total. The van der Waals surface area contributed by atoms with Crippen LogP contribution in [0.1, 0.15) is 32.8 Å². The average molecular weight is 272 g/mol. The zero-order chi connectivity index (χ0) is 12.7. The van der Waals surface area contributed by atoms with E-state index in [9.17, 15) is 0 Å². The fourth-order valence-corrected chi connectivity index (χ4v) is 3.12. The van der Waals surface area contributed by atoms with Crippen molar-refractivity contribution in [3.05, 3.63) is 34.9 Å². The Morgan fingerprint density at radius 2 is 1.88 bits per heavy atom. The molecule has 0 saturated heterocycles. The second kappa shape index (κ2) is 8.02. The van der Waals surface area contributed by atoms with E-state index in [2.05, 4.69) is 38.2 Å². The number of nitrogens with one attached hydrogen (secondary N) is 1. The third-order valence-corrected chi connectivity index (χ3v) is 4.51. The molecule has 1 aromatic carbocycles. The van der Waals surface area contributed by atoms with Crippen LogP contribution in [0, 0.1) is 0 Å². The lowest BCUT2D eigenvalue weighted by Crippen LogP contribution is -2.36. The van der Waals surface area contributed by atoms with Crippen LogP contribution in [-0.4, -0.2) is 17.8 Å². The minimum absolute atomic E-state index is 0.609. The average Bonchev–Trinajstić information content (AvgIpc) is 2.35. The summed E-state index contributed by atoms with van der Waals surface area (Å²) >= 11 is 7.87. The highest BCUT2D eigenvalue weighted by atomic mass is 35.5. The molecule has 0 saturated carbocycles. The summed E-state index contributed by atoms with van der Waals surface area (Å²) in [5.41, 5.74) is 1.35. The van der Waals surface area contributed by atoms with Gasteiger partial charge in [-0.25, -0.2) is 0 Å². The van der Waals surface area contributed by atoms with Gasteiger partial charge in [0.05, 0.1) is 0 Å². The quantitative estimate of drug-likeness (QED) is 0.791. The van der Waals surface area contributed by atoms with Crippen molar-refractivity contribution < 1.29 is 0 Å². The summed E-state index contributed by atoms with van der Waals surface area (Å²) < 4.78 is 0. The Labute approximate surface area is 114 Å². The number of hydrogen-bond donors (Lipinski definition) is 1. The van der Waals surface area contributed by atoms with Gasteiger partial charge in [-0.05, 0) is 30.7 Å². The van der Waals surface area contributed by atoms with Crippen molar-refractivity contribution in [3.8, 4) is 0 Å². The van der Waals surface area contributed by atoms with Crippen molar-refractivity contribution >= 4 is 23.4 Å². The molecule has 0 bridgehead atoms. The van der Waals surface area contributed by atoms with Crippen molar-refractivity contribution in [3.63, 3.8) is 0 Å². The van der Waals surface area contributed by atoms with Crippen LogP contribution < -0.4 is 5.32 Å². The Hall–Kier alpha value is -0.180. The zero-order valence-corrected chi connectivity index (χ0v) is 12.4. The van der Waals surface area contributed by atoms with Crippen molar-refractivity contribution in [2.45, 2.75) is 44.2 Å². The van der Waals surface area contributed by atoms with E-state index in [1.807, 2.05) is 23.9 Å². The van der Waals surface area contributed by atoms with Crippen LogP contribution in [0.4, 0.5) is 0 Å². The van der Waals surface area contributed by atoms with Crippen LogP contribution >= 0.6 is 23.4 Å². The highest BCUT2D eigenvalue weighted by molar-refractivity contribution is 7.99. The van der Waals surface area contributed by atoms with Gasteiger partial charge >= 0.3 is 0 Å². The highest BCUT2D eigenvalue weighted by Crippen LogP contribution is 2.22. The van der Waals surface area contributed by atoms with Crippen LogP contribution in [-0.2, 0) is 5.75 Å². The topological polar surface area (TPSA) is 12.0 Å². The lowest BCUT2D eigenvalue weighted by molar-refractivity contribution is 0.509. The fourth-order valence-electron chi connectivity index (χ4n) is 1.83. The summed E-state index contributed by atoms with van der Waals surface area (Å²) in [5.74, 6) is 1.06. The second-order valence-corrected chi connectivity index (χ2v) is 6.02. The Kier molecular flexibility index (Phi) is 7.02. The molecule has 17 heavy (non-hydrogen) atoms. The normalized spacial score (nSPS) is 14.6. The number of thioether (sulfide) groups is 1. The van der Waals surface area contributed by atoms with Gasteiger partial charge < -0.3 is 5.32 Å². The molecule has 1 N–H and O–H groups in total. The molecule has 0 amide bonds. The standard InChI is InChI=1S/C14H22ClNS/c1-4-14(16-5-2)11(3)17-10-12-6-8-13(15)9-7-12/h6-9,11,14,16H,4-5,10H2,1-3H3. The van der Waals surface area contributed by atoms with E-state index in [4.69, 9.17) is 11.6 Å². The van der Waals surface area contributed by atoms with Crippen molar-refractivity contribution in [2.75, 3.05) is 6.54 Å². The van der Waals surface area contributed by atoms with Gasteiger partial charge in [-0.1, -0.05) is 44.5 Å². The second-order valence-electron chi connectivity index (χ2n) is 4.22. The summed E-state index contributed by atoms with van der Waals surface area (Å²) in [4.78, 5) is 0. The number of benzene rings is 1. The highest BCUT2D eigenvalue weighted by Gasteiger charge is 2.14. The molecule has 0 aromatic heterocycles. The molecule has 2 atom stereocenters. The third kappa shape index (κ3) is 5.33. The first kappa shape index (κ1) is 14.9. The molecule has 1 aromatic rings. The lowest BCUT2D eigenvalue weighted by atomic mass is 10.2. The van der Waals surface area contributed by atoms with Gasteiger partial charge in [0.1, 0.15) is 0 Å². The Balaban J connectivity index is 2.41. The van der Waals surface area contributed by atoms with Crippen LogP contribution in [0.2, 0.25) is 5.02 Å². The van der Waals surface area contributed by atoms with E-state index in [1.165, 1.54) is 12.0 Å². The van der Waals surface area contributed by atoms with Gasteiger partial charge in [0, 0.05) is 22.1 Å². The zero-order valence-electron chi connectivity index (χ0n) is 10.9. The fraction of sp³-hybridized carbons (Fsp3) is 0.571. The van der Waals surface area contributed by atoms with Crippen LogP contribution in [0.25, 0.3) is 0 Å². The minimum atomic E-state index is 0.609. The molecule has 3 heteroatoms. The van der Waals surface area contributed by atoms with Gasteiger partial charge in [0.15, 0.2) is 0 Å². The monoisotopic (exact) mass is 271 g/mol. The molecule has 0 fully saturated rings. The van der Waals surface area contributed by atoms with Gasteiger partial charge in [-0.15, -0.1) is 0 Å². The predicted molar refractivity (Wildman–Crippen MR) is 80.0 cm³/mol. The minimum Gasteiger partial charge on any atom is -0.313 e. The van der Waals surface area contributed by atoms with E-state index in [1.54, 1.807) is 0 Å². The maximum atomic E-state index is 5.87. The molecule has 0 aliphatic carbocycles. The van der Waals surface area contributed by atoms with Gasteiger partial charge in [0.25, 0.3) is 0 Å². The molecule has 96 valence electrons. The number of halogens is 1. The van der Waals surface area contributed by atoms with E-state index in [0.717, 1.165) is 17.3 Å². The van der Waals surface area contributed by atoms with Crippen molar-refractivity contribution in [1.29, 1.82) is 0 Å². The number of hydrogen-bond acceptors (Lipinski definition) is 2. The summed E-state index contributed by atoms with van der Waals surface area (Å²) in [7, 11) is 0. The van der Waals surface area contributed by atoms with Crippen molar-refractivity contribution in [1.82, 2.24) is 5.32 Å². The summed E-state index contributed by atoms with van der Waals surface area (Å²) in [6.07, 6.45) is 1.18. The SMILES string of the molecule is CCNC(CC)C(C)SCc1ccc(Cl)cc1. The first-order valence-corrected chi connectivity index (χ1v) is 7.69. The molecule has 0 aliphatic heterocycles. The molecule has 0 heterocycles. The van der Waals surface area contributed by atoms with E-state index in [0.29, 0.717) is 11.3 Å². The van der Waals surface area contributed by atoms with Crippen LogP contribution in [0.15, 0.2) is 24.3 Å². The Bertz CT molecular complexity index is 313. The number of rotatable bonds is 7.